The van der Waals surface area contributed by atoms with Crippen LogP contribution in [0.1, 0.15) is 41.9 Å². The second kappa shape index (κ2) is 12.6. The molecule has 2 N–H and O–H groups in total. The molecular formula is C31H28Cl2FN5O3S. The van der Waals surface area contributed by atoms with E-state index in [0.29, 0.717) is 66.7 Å². The van der Waals surface area contributed by atoms with Gasteiger partial charge in [-0.1, -0.05) is 58.0 Å². The summed E-state index contributed by atoms with van der Waals surface area (Å²) >= 11 is 13.8. The number of fused-ring (bicyclic) bond motifs is 2. The van der Waals surface area contributed by atoms with Crippen molar-refractivity contribution in [1.29, 1.82) is 0 Å². The van der Waals surface area contributed by atoms with Gasteiger partial charge in [0.25, 0.3) is 0 Å². The zero-order valence-electron chi connectivity index (χ0n) is 23.0. The van der Waals surface area contributed by atoms with Crippen molar-refractivity contribution < 1.29 is 18.7 Å². The lowest BCUT2D eigenvalue weighted by Crippen LogP contribution is -2.48. The largest absolute Gasteiger partial charge is 0.438 e. The molecule has 43 heavy (non-hydrogen) atoms. The molecule has 0 radical (unpaired) electrons. The van der Waals surface area contributed by atoms with E-state index in [1.165, 1.54) is 23.7 Å². The van der Waals surface area contributed by atoms with Crippen LogP contribution in [0.15, 0.2) is 66.0 Å². The Labute approximate surface area is 262 Å². The zero-order chi connectivity index (χ0) is 30.0. The van der Waals surface area contributed by atoms with E-state index in [-0.39, 0.29) is 11.7 Å². The van der Waals surface area contributed by atoms with Crippen molar-refractivity contribution in [1.82, 2.24) is 19.8 Å². The van der Waals surface area contributed by atoms with E-state index in [2.05, 4.69) is 25.1 Å². The monoisotopic (exact) mass is 639 g/mol. The van der Waals surface area contributed by atoms with E-state index in [0.717, 1.165) is 22.4 Å². The molecule has 6 rings (SSSR count). The maximum atomic E-state index is 14.1. The summed E-state index contributed by atoms with van der Waals surface area (Å²) in [5.74, 6) is -0.947. The molecule has 2 amide bonds. The first-order valence-electron chi connectivity index (χ1n) is 13.9. The van der Waals surface area contributed by atoms with Gasteiger partial charge in [-0.3, -0.25) is 10.1 Å². The van der Waals surface area contributed by atoms with Crippen LogP contribution in [-0.4, -0.2) is 46.1 Å². The van der Waals surface area contributed by atoms with Gasteiger partial charge < -0.3 is 15.0 Å². The molecule has 0 bridgehead atoms. The second-order valence-corrected chi connectivity index (χ2v) is 12.2. The van der Waals surface area contributed by atoms with Crippen LogP contribution >= 0.6 is 34.7 Å². The van der Waals surface area contributed by atoms with E-state index in [4.69, 9.17) is 27.9 Å². The summed E-state index contributed by atoms with van der Waals surface area (Å²) in [6.45, 7) is 2.25. The molecule has 0 saturated carbocycles. The summed E-state index contributed by atoms with van der Waals surface area (Å²) in [7, 11) is 0. The molecule has 222 valence electrons. The van der Waals surface area contributed by atoms with Crippen LogP contribution in [0.25, 0.3) is 11.3 Å². The molecule has 12 heteroatoms. The van der Waals surface area contributed by atoms with Gasteiger partial charge in [-0.2, -0.15) is 0 Å². The average Bonchev–Trinajstić information content (AvgIpc) is 3.55. The second-order valence-electron chi connectivity index (χ2n) is 10.8. The molecule has 2 aliphatic heterocycles. The minimum Gasteiger partial charge on any atom is -0.438 e. The van der Waals surface area contributed by atoms with Gasteiger partial charge in [-0.05, 0) is 66.0 Å². The maximum absolute atomic E-state index is 14.1. The van der Waals surface area contributed by atoms with Crippen LogP contribution in [0, 0.1) is 5.82 Å². The van der Waals surface area contributed by atoms with Crippen molar-refractivity contribution >= 4 is 52.4 Å². The van der Waals surface area contributed by atoms with Crippen LogP contribution in [0.2, 0.25) is 10.0 Å². The quantitative estimate of drug-likeness (QED) is 0.216. The summed E-state index contributed by atoms with van der Waals surface area (Å²) in [5.41, 5.74) is 3.90. The normalized spacial score (nSPS) is 16.7. The molecule has 1 saturated heterocycles. The Bertz CT molecular complexity index is 1630. The van der Waals surface area contributed by atoms with E-state index in [1.54, 1.807) is 18.2 Å². The third kappa shape index (κ3) is 6.52. The lowest BCUT2D eigenvalue weighted by atomic mass is 9.82. The first-order chi connectivity index (χ1) is 20.8. The molecule has 2 aliphatic rings. The topological polar surface area (TPSA) is 96.5 Å². The molecule has 1 aromatic heterocycles. The van der Waals surface area contributed by atoms with Gasteiger partial charge >= 0.3 is 6.09 Å². The van der Waals surface area contributed by atoms with Gasteiger partial charge in [0.05, 0.1) is 21.7 Å². The fourth-order valence-corrected chi connectivity index (χ4v) is 6.54. The number of halogens is 3. The Morgan fingerprint density at radius 1 is 1.09 bits per heavy atom. The highest BCUT2D eigenvalue weighted by Crippen LogP contribution is 2.44. The SMILES string of the molecule is O=C1Nc2ccc(F)cc2C2(CCN(CCC(C(=O)NCc3ccc(-c4csnn4)cc3)c3ccc(Cl)c(Cl)c3)CC2)O1. The average molecular weight is 641 g/mol. The predicted molar refractivity (Wildman–Crippen MR) is 165 cm³/mol. The Morgan fingerprint density at radius 2 is 1.88 bits per heavy atom. The standard InChI is InChI=1S/C31H28Cl2FN5O3S/c32-25-7-5-21(15-26(25)33)23(29(40)35-17-19-1-3-20(4-2-19)28-18-43-38-37-28)9-12-39-13-10-31(11-14-39)24-16-22(34)6-8-27(24)36-30(41)42-31/h1-8,15-16,18,23H,9-14,17H2,(H,35,40)(H,36,41). The third-order valence-corrected chi connectivity index (χ3v) is 9.38. The van der Waals surface area contributed by atoms with Crippen molar-refractivity contribution in [2.75, 3.05) is 25.0 Å². The molecule has 0 aliphatic carbocycles. The number of hydrogen-bond acceptors (Lipinski definition) is 7. The van der Waals surface area contributed by atoms with Crippen molar-refractivity contribution in [3.05, 3.63) is 98.6 Å². The molecule has 1 atom stereocenters. The fraction of sp³-hybridized carbons (Fsp3) is 0.290. The van der Waals surface area contributed by atoms with E-state index < -0.39 is 17.6 Å². The molecule has 3 aromatic carbocycles. The number of nitrogens with zero attached hydrogens (tertiary/aromatic N) is 3. The number of ether oxygens (including phenoxy) is 1. The number of amides is 2. The summed E-state index contributed by atoms with van der Waals surface area (Å²) < 4.78 is 23.8. The molecular weight excluding hydrogens is 612 g/mol. The van der Waals surface area contributed by atoms with Crippen LogP contribution < -0.4 is 10.6 Å². The Balaban J connectivity index is 1.12. The number of piperidine rings is 1. The number of likely N-dealkylation sites (tertiary alicyclic amines) is 1. The van der Waals surface area contributed by atoms with Gasteiger partial charge in [0.15, 0.2) is 0 Å². The van der Waals surface area contributed by atoms with E-state index in [1.807, 2.05) is 35.7 Å². The Kier molecular flexibility index (Phi) is 8.63. The number of carbonyl (C=O) groups excluding carboxylic acids is 2. The van der Waals surface area contributed by atoms with Gasteiger partial charge in [0.1, 0.15) is 17.1 Å². The highest BCUT2D eigenvalue weighted by molar-refractivity contribution is 7.03. The maximum Gasteiger partial charge on any atom is 0.412 e. The lowest BCUT2D eigenvalue weighted by Gasteiger charge is -2.44. The molecule has 8 nitrogen and oxygen atoms in total. The summed E-state index contributed by atoms with van der Waals surface area (Å²) in [5, 5.41) is 12.6. The molecule has 1 unspecified atom stereocenters. The minimum atomic E-state index is -0.873. The van der Waals surface area contributed by atoms with Crippen LogP contribution in [0.4, 0.5) is 14.9 Å². The third-order valence-electron chi connectivity index (χ3n) is 8.13. The number of hydrogen-bond donors (Lipinski definition) is 2. The highest BCUT2D eigenvalue weighted by Gasteiger charge is 2.44. The van der Waals surface area contributed by atoms with E-state index in [9.17, 15) is 14.0 Å². The van der Waals surface area contributed by atoms with E-state index >= 15 is 0 Å². The number of nitrogens with one attached hydrogen (secondary N) is 2. The number of rotatable bonds is 8. The first-order valence-corrected chi connectivity index (χ1v) is 15.5. The molecule has 3 heterocycles. The van der Waals surface area contributed by atoms with Crippen molar-refractivity contribution in [2.24, 2.45) is 0 Å². The minimum absolute atomic E-state index is 0.115. The van der Waals surface area contributed by atoms with Gasteiger partial charge in [0.2, 0.25) is 5.91 Å². The molecule has 1 fully saturated rings. The first kappa shape index (κ1) is 29.5. The van der Waals surface area contributed by atoms with Crippen molar-refractivity contribution in [2.45, 2.75) is 37.3 Å². The summed E-state index contributed by atoms with van der Waals surface area (Å²) in [6, 6.07) is 17.5. The van der Waals surface area contributed by atoms with Gasteiger partial charge in [-0.25, -0.2) is 9.18 Å². The molecule has 1 spiro atoms. The lowest BCUT2D eigenvalue weighted by molar-refractivity contribution is -0.123. The van der Waals surface area contributed by atoms with Crippen molar-refractivity contribution in [3.63, 3.8) is 0 Å². The number of benzene rings is 3. The van der Waals surface area contributed by atoms with Crippen LogP contribution in [0.5, 0.6) is 0 Å². The van der Waals surface area contributed by atoms with Gasteiger partial charge in [-0.15, -0.1) is 5.10 Å². The highest BCUT2D eigenvalue weighted by atomic mass is 35.5. The van der Waals surface area contributed by atoms with Crippen LogP contribution in [0.3, 0.4) is 0 Å². The number of anilines is 1. The smallest absolute Gasteiger partial charge is 0.412 e. The van der Waals surface area contributed by atoms with Gasteiger partial charge in [0, 0.05) is 49.0 Å². The molecule has 4 aromatic rings. The van der Waals surface area contributed by atoms with Crippen molar-refractivity contribution in [3.8, 4) is 11.3 Å². The predicted octanol–water partition coefficient (Wildman–Crippen LogP) is 6.99. The Morgan fingerprint density at radius 3 is 2.60 bits per heavy atom. The van der Waals surface area contributed by atoms with Crippen LogP contribution in [-0.2, 0) is 21.7 Å². The summed E-state index contributed by atoms with van der Waals surface area (Å²) in [4.78, 5) is 28.1. The summed E-state index contributed by atoms with van der Waals surface area (Å²) in [6.07, 6.45) is 1.05. The Hall–Kier alpha value is -3.57. The number of aromatic nitrogens is 2. The fourth-order valence-electron chi connectivity index (χ4n) is 5.77. The zero-order valence-corrected chi connectivity index (χ0v) is 25.3. The number of carbonyl (C=O) groups is 2.